The number of ether oxygens (including phenoxy) is 2. The highest BCUT2D eigenvalue weighted by Gasteiger charge is 2.50. The monoisotopic (exact) mass is 319 g/mol. The third-order valence-corrected chi connectivity index (χ3v) is 5.43. The van der Waals surface area contributed by atoms with Gasteiger partial charge in [0.05, 0.1) is 25.9 Å². The van der Waals surface area contributed by atoms with Crippen molar-refractivity contribution in [3.63, 3.8) is 0 Å². The Balaban J connectivity index is 1.98. The lowest BCUT2D eigenvalue weighted by molar-refractivity contribution is -0.117. The zero-order chi connectivity index (χ0) is 16.4. The topological polar surface area (TPSA) is 59.0 Å². The molecule has 1 amide bonds. The highest BCUT2D eigenvalue weighted by molar-refractivity contribution is 5.68. The summed E-state index contributed by atoms with van der Waals surface area (Å²) >= 11 is 0. The number of methoxy groups -OCH3 is 2. The number of fused-ring (bicyclic) bond motifs is 1. The lowest BCUT2D eigenvalue weighted by atomic mass is 9.66. The summed E-state index contributed by atoms with van der Waals surface area (Å²) in [5.41, 5.74) is 0.356. The van der Waals surface area contributed by atoms with E-state index >= 15 is 0 Å². The van der Waals surface area contributed by atoms with Crippen LogP contribution in [-0.2, 0) is 4.74 Å². The molecule has 1 heterocycles. The first-order valence-corrected chi connectivity index (χ1v) is 8.30. The van der Waals surface area contributed by atoms with Gasteiger partial charge in [0.1, 0.15) is 5.75 Å². The van der Waals surface area contributed by atoms with Crippen LogP contribution in [0.4, 0.5) is 4.79 Å². The van der Waals surface area contributed by atoms with E-state index < -0.39 is 5.60 Å². The van der Waals surface area contributed by atoms with Crippen molar-refractivity contribution in [1.29, 1.82) is 0 Å². The van der Waals surface area contributed by atoms with Gasteiger partial charge in [-0.2, -0.15) is 0 Å². The number of carbonyl (C=O) groups excluding carboxylic acids is 1. The molecule has 1 saturated carbocycles. The summed E-state index contributed by atoms with van der Waals surface area (Å²) in [7, 11) is 3.05. The molecular weight excluding hydrogens is 294 g/mol. The SMILES string of the molecule is COC(=O)N1CC[C@]2(O)CCCCC2C1c1ccc(OC)cc1. The molecule has 1 aromatic carbocycles. The van der Waals surface area contributed by atoms with Gasteiger partial charge in [-0.15, -0.1) is 0 Å². The van der Waals surface area contributed by atoms with E-state index in [4.69, 9.17) is 9.47 Å². The lowest BCUT2D eigenvalue weighted by Crippen LogP contribution is -2.56. The predicted molar refractivity (Wildman–Crippen MR) is 86.4 cm³/mol. The van der Waals surface area contributed by atoms with Gasteiger partial charge in [-0.05, 0) is 37.0 Å². The molecule has 1 N–H and O–H groups in total. The molecule has 5 heteroatoms. The van der Waals surface area contributed by atoms with E-state index in [9.17, 15) is 9.90 Å². The van der Waals surface area contributed by atoms with E-state index in [1.165, 1.54) is 7.11 Å². The van der Waals surface area contributed by atoms with Crippen LogP contribution in [0.1, 0.15) is 43.7 Å². The smallest absolute Gasteiger partial charge is 0.410 e. The molecule has 2 unspecified atom stereocenters. The maximum atomic E-state index is 12.2. The molecule has 23 heavy (non-hydrogen) atoms. The number of piperidine rings is 1. The maximum absolute atomic E-state index is 12.2. The molecular formula is C18H25NO4. The fourth-order valence-corrected chi connectivity index (χ4v) is 4.22. The zero-order valence-electron chi connectivity index (χ0n) is 13.8. The minimum absolute atomic E-state index is 0.0532. The fraction of sp³-hybridized carbons (Fsp3) is 0.611. The summed E-state index contributed by atoms with van der Waals surface area (Å²) in [6, 6.07) is 7.63. The quantitative estimate of drug-likeness (QED) is 0.910. The Morgan fingerprint density at radius 3 is 2.61 bits per heavy atom. The van der Waals surface area contributed by atoms with Gasteiger partial charge in [-0.1, -0.05) is 25.0 Å². The van der Waals surface area contributed by atoms with Crippen LogP contribution >= 0.6 is 0 Å². The van der Waals surface area contributed by atoms with Crippen molar-refractivity contribution in [2.24, 2.45) is 5.92 Å². The van der Waals surface area contributed by atoms with Crippen molar-refractivity contribution in [3.8, 4) is 5.75 Å². The molecule has 1 aromatic rings. The summed E-state index contributed by atoms with van der Waals surface area (Å²) in [5.74, 6) is 0.838. The summed E-state index contributed by atoms with van der Waals surface area (Å²) in [5, 5.41) is 11.1. The summed E-state index contributed by atoms with van der Waals surface area (Å²) in [4.78, 5) is 14.0. The van der Waals surface area contributed by atoms with Gasteiger partial charge in [-0.25, -0.2) is 4.79 Å². The number of amides is 1. The van der Waals surface area contributed by atoms with Crippen molar-refractivity contribution in [2.45, 2.75) is 43.7 Å². The van der Waals surface area contributed by atoms with Gasteiger partial charge < -0.3 is 19.5 Å². The van der Waals surface area contributed by atoms with Crippen molar-refractivity contribution in [3.05, 3.63) is 29.8 Å². The molecule has 3 atom stereocenters. The van der Waals surface area contributed by atoms with Crippen molar-refractivity contribution < 1.29 is 19.4 Å². The summed E-state index contributed by atoms with van der Waals surface area (Å²) in [6.07, 6.45) is 4.20. The molecule has 0 bridgehead atoms. The molecule has 1 aliphatic carbocycles. The summed E-state index contributed by atoms with van der Waals surface area (Å²) < 4.78 is 10.2. The number of carbonyl (C=O) groups is 1. The molecule has 2 aliphatic rings. The largest absolute Gasteiger partial charge is 0.497 e. The molecule has 0 spiro atoms. The van der Waals surface area contributed by atoms with Gasteiger partial charge in [0.25, 0.3) is 0 Å². The molecule has 3 rings (SSSR count). The van der Waals surface area contributed by atoms with E-state index in [0.717, 1.165) is 37.0 Å². The Kier molecular flexibility index (Phi) is 4.48. The average Bonchev–Trinajstić information content (AvgIpc) is 2.59. The minimum atomic E-state index is -0.673. The second-order valence-corrected chi connectivity index (χ2v) is 6.59. The molecule has 5 nitrogen and oxygen atoms in total. The number of likely N-dealkylation sites (tertiary alicyclic amines) is 1. The third kappa shape index (κ3) is 2.90. The molecule has 1 saturated heterocycles. The van der Waals surface area contributed by atoms with Crippen molar-refractivity contribution in [2.75, 3.05) is 20.8 Å². The van der Waals surface area contributed by atoms with Crippen LogP contribution in [0.2, 0.25) is 0 Å². The zero-order valence-corrected chi connectivity index (χ0v) is 13.8. The van der Waals surface area contributed by atoms with E-state index in [1.807, 2.05) is 24.3 Å². The molecule has 126 valence electrons. The maximum Gasteiger partial charge on any atom is 0.410 e. The first kappa shape index (κ1) is 16.1. The Labute approximate surface area is 137 Å². The van der Waals surface area contributed by atoms with E-state index in [-0.39, 0.29) is 18.1 Å². The number of nitrogens with zero attached hydrogens (tertiary/aromatic N) is 1. The molecule has 0 radical (unpaired) electrons. The standard InChI is InChI=1S/C18H25NO4/c1-22-14-8-6-13(7-9-14)16-15-5-3-4-10-18(15,21)11-12-19(16)17(20)23-2/h6-9,15-16,21H,3-5,10-12H2,1-2H3/t15?,16?,18-/m1/s1. The van der Waals surface area contributed by atoms with Gasteiger partial charge in [0.15, 0.2) is 0 Å². The van der Waals surface area contributed by atoms with Crippen LogP contribution in [0, 0.1) is 5.92 Å². The van der Waals surface area contributed by atoms with Gasteiger partial charge in [-0.3, -0.25) is 0 Å². The number of aliphatic hydroxyl groups is 1. The third-order valence-electron chi connectivity index (χ3n) is 5.43. The van der Waals surface area contributed by atoms with Crippen LogP contribution in [0.3, 0.4) is 0 Å². The minimum Gasteiger partial charge on any atom is -0.497 e. The number of benzene rings is 1. The Bertz CT molecular complexity index is 559. The van der Waals surface area contributed by atoms with Crippen LogP contribution in [0.5, 0.6) is 5.75 Å². The Hall–Kier alpha value is -1.75. The molecule has 2 fully saturated rings. The van der Waals surface area contributed by atoms with Gasteiger partial charge in [0, 0.05) is 12.5 Å². The lowest BCUT2D eigenvalue weighted by Gasteiger charge is -2.52. The predicted octanol–water partition coefficient (Wildman–Crippen LogP) is 3.13. The average molecular weight is 319 g/mol. The molecule has 0 aromatic heterocycles. The Morgan fingerprint density at radius 2 is 1.96 bits per heavy atom. The first-order valence-electron chi connectivity index (χ1n) is 8.30. The fourth-order valence-electron chi connectivity index (χ4n) is 4.22. The normalized spacial score (nSPS) is 30.5. The van der Waals surface area contributed by atoms with Crippen LogP contribution < -0.4 is 4.74 Å². The van der Waals surface area contributed by atoms with Crippen LogP contribution in [0.25, 0.3) is 0 Å². The van der Waals surface area contributed by atoms with Gasteiger partial charge >= 0.3 is 6.09 Å². The van der Waals surface area contributed by atoms with Crippen molar-refractivity contribution >= 4 is 6.09 Å². The van der Waals surface area contributed by atoms with Crippen LogP contribution in [-0.4, -0.2) is 42.5 Å². The highest BCUT2D eigenvalue weighted by Crippen LogP contribution is 2.49. The molecule has 1 aliphatic heterocycles. The second kappa shape index (κ2) is 6.40. The highest BCUT2D eigenvalue weighted by atomic mass is 16.5. The van der Waals surface area contributed by atoms with E-state index in [1.54, 1.807) is 12.0 Å². The van der Waals surface area contributed by atoms with Gasteiger partial charge in [0.2, 0.25) is 0 Å². The summed E-state index contributed by atoms with van der Waals surface area (Å²) in [6.45, 7) is 0.524. The van der Waals surface area contributed by atoms with E-state index in [2.05, 4.69) is 0 Å². The van der Waals surface area contributed by atoms with Crippen molar-refractivity contribution in [1.82, 2.24) is 4.90 Å². The Morgan fingerprint density at radius 1 is 1.22 bits per heavy atom. The number of hydrogen-bond acceptors (Lipinski definition) is 4. The van der Waals surface area contributed by atoms with Crippen LogP contribution in [0.15, 0.2) is 24.3 Å². The first-order chi connectivity index (χ1) is 11.1. The number of rotatable bonds is 2. The van der Waals surface area contributed by atoms with E-state index in [0.29, 0.717) is 13.0 Å². The second-order valence-electron chi connectivity index (χ2n) is 6.59. The number of hydrogen-bond donors (Lipinski definition) is 1.